The lowest BCUT2D eigenvalue weighted by Crippen LogP contribution is -2.49. The van der Waals surface area contributed by atoms with Gasteiger partial charge in [-0.2, -0.15) is 18.3 Å². The highest BCUT2D eigenvalue weighted by Crippen LogP contribution is 2.35. The van der Waals surface area contributed by atoms with Gasteiger partial charge in [0.15, 0.2) is 11.6 Å². The molecule has 8 nitrogen and oxygen atoms in total. The monoisotopic (exact) mass is 490 g/mol. The van der Waals surface area contributed by atoms with Crippen LogP contribution in [0.4, 0.5) is 23.4 Å². The molecule has 2 aliphatic heterocycles. The number of hydrogen-bond donors (Lipinski definition) is 1. The van der Waals surface area contributed by atoms with Gasteiger partial charge in [0.05, 0.1) is 16.8 Å². The molecule has 3 aromatic rings. The molecular formula is C23H22F4N6O2. The van der Waals surface area contributed by atoms with Crippen molar-refractivity contribution in [1.82, 2.24) is 24.6 Å². The van der Waals surface area contributed by atoms with Gasteiger partial charge < -0.3 is 15.5 Å². The summed E-state index contributed by atoms with van der Waals surface area (Å²) in [6.45, 7) is 0.296. The van der Waals surface area contributed by atoms with Crippen molar-refractivity contribution in [3.63, 3.8) is 0 Å². The zero-order valence-electron chi connectivity index (χ0n) is 18.5. The van der Waals surface area contributed by atoms with Crippen molar-refractivity contribution in [2.75, 3.05) is 25.4 Å². The highest BCUT2D eigenvalue weighted by molar-refractivity contribution is 5.96. The van der Waals surface area contributed by atoms with Gasteiger partial charge >= 0.3 is 6.18 Å². The molecule has 5 rings (SSSR count). The Morgan fingerprint density at radius 1 is 1.14 bits per heavy atom. The molecule has 184 valence electrons. The number of para-hydroxylation sites is 1. The standard InChI is InChI=1S/C23H22F4N6O2/c24-19-15(7-8-29-21(19)28)22(35)31-10-13(11-31)20-14-4-1-2-5-16(14)33(30-20)12-18(34)32-9-3-6-17(32)23(25,26)27/h1-2,4-5,7-8,13,17H,3,6,9-12H2,(H2,28,29)/t17-/m0/s1. The number of alkyl halides is 3. The number of halogens is 4. The van der Waals surface area contributed by atoms with Gasteiger partial charge in [0, 0.05) is 37.1 Å². The summed E-state index contributed by atoms with van der Waals surface area (Å²) in [5.41, 5.74) is 6.55. The third-order valence-electron chi connectivity index (χ3n) is 6.62. The van der Waals surface area contributed by atoms with Crippen molar-refractivity contribution in [2.24, 2.45) is 0 Å². The Bertz CT molecular complexity index is 1300. The van der Waals surface area contributed by atoms with E-state index in [-0.39, 0.29) is 49.9 Å². The molecule has 0 spiro atoms. The number of pyridine rings is 1. The number of fused-ring (bicyclic) bond motifs is 1. The summed E-state index contributed by atoms with van der Waals surface area (Å²) in [5, 5.41) is 5.31. The number of nitrogen functional groups attached to an aromatic ring is 1. The fraction of sp³-hybridized carbons (Fsp3) is 0.391. The second-order valence-electron chi connectivity index (χ2n) is 8.81. The molecule has 2 fully saturated rings. The average Bonchev–Trinajstić information content (AvgIpc) is 3.41. The lowest BCUT2D eigenvalue weighted by atomic mass is 9.93. The van der Waals surface area contributed by atoms with E-state index >= 15 is 0 Å². The van der Waals surface area contributed by atoms with E-state index in [1.54, 1.807) is 18.2 Å². The number of amides is 2. The van der Waals surface area contributed by atoms with E-state index < -0.39 is 29.8 Å². The van der Waals surface area contributed by atoms with Crippen molar-refractivity contribution in [3.8, 4) is 0 Å². The lowest BCUT2D eigenvalue weighted by molar-refractivity contribution is -0.183. The van der Waals surface area contributed by atoms with Gasteiger partial charge in [-0.15, -0.1) is 0 Å². The molecule has 0 saturated carbocycles. The maximum atomic E-state index is 14.2. The van der Waals surface area contributed by atoms with E-state index in [1.807, 2.05) is 6.07 Å². The third-order valence-corrected chi connectivity index (χ3v) is 6.62. The minimum atomic E-state index is -4.47. The Labute approximate surface area is 197 Å². The van der Waals surface area contributed by atoms with Crippen LogP contribution in [0.3, 0.4) is 0 Å². The van der Waals surface area contributed by atoms with Gasteiger partial charge in [0.1, 0.15) is 12.6 Å². The van der Waals surface area contributed by atoms with Crippen molar-refractivity contribution in [3.05, 3.63) is 53.6 Å². The van der Waals surface area contributed by atoms with Crippen molar-refractivity contribution in [2.45, 2.75) is 37.5 Å². The predicted octanol–water partition coefficient (Wildman–Crippen LogP) is 2.95. The van der Waals surface area contributed by atoms with Gasteiger partial charge in [-0.3, -0.25) is 14.3 Å². The van der Waals surface area contributed by atoms with Crippen LogP contribution in [0.2, 0.25) is 0 Å². The zero-order chi connectivity index (χ0) is 24.9. The summed E-state index contributed by atoms with van der Waals surface area (Å²) in [6.07, 6.45) is -3.00. The van der Waals surface area contributed by atoms with Crippen LogP contribution >= 0.6 is 0 Å². The molecule has 4 heterocycles. The van der Waals surface area contributed by atoms with Crippen molar-refractivity contribution >= 4 is 28.5 Å². The van der Waals surface area contributed by atoms with Crippen LogP contribution < -0.4 is 5.73 Å². The van der Waals surface area contributed by atoms with Crippen LogP contribution in [0.1, 0.15) is 34.8 Å². The number of benzene rings is 1. The summed E-state index contributed by atoms with van der Waals surface area (Å²) in [7, 11) is 0. The molecule has 35 heavy (non-hydrogen) atoms. The number of hydrogen-bond acceptors (Lipinski definition) is 5. The first-order chi connectivity index (χ1) is 16.6. The Morgan fingerprint density at radius 3 is 2.63 bits per heavy atom. The Balaban J connectivity index is 1.34. The maximum absolute atomic E-state index is 14.2. The minimum absolute atomic E-state index is 0.0604. The number of anilines is 1. The summed E-state index contributed by atoms with van der Waals surface area (Å²) >= 11 is 0. The highest BCUT2D eigenvalue weighted by Gasteiger charge is 2.47. The summed E-state index contributed by atoms with van der Waals surface area (Å²) in [6, 6.07) is 6.63. The number of carbonyl (C=O) groups excluding carboxylic acids is 2. The summed E-state index contributed by atoms with van der Waals surface area (Å²) in [5.74, 6) is -2.54. The first-order valence-corrected chi connectivity index (χ1v) is 11.2. The highest BCUT2D eigenvalue weighted by atomic mass is 19.4. The maximum Gasteiger partial charge on any atom is 0.408 e. The third kappa shape index (κ3) is 4.06. The Hall–Kier alpha value is -3.70. The van der Waals surface area contributed by atoms with E-state index in [0.717, 1.165) is 10.3 Å². The molecule has 0 bridgehead atoms. The normalized spacial score (nSPS) is 18.8. The van der Waals surface area contributed by atoms with Crippen LogP contribution in [-0.4, -0.2) is 68.2 Å². The molecule has 12 heteroatoms. The number of carbonyl (C=O) groups is 2. The van der Waals surface area contributed by atoms with E-state index in [2.05, 4.69) is 10.1 Å². The molecule has 0 aliphatic carbocycles. The largest absolute Gasteiger partial charge is 0.408 e. The van der Waals surface area contributed by atoms with E-state index in [9.17, 15) is 27.2 Å². The molecule has 0 unspecified atom stereocenters. The number of nitrogens with zero attached hydrogens (tertiary/aromatic N) is 5. The lowest BCUT2D eigenvalue weighted by Gasteiger charge is -2.38. The van der Waals surface area contributed by atoms with Crippen LogP contribution in [0, 0.1) is 5.82 Å². The van der Waals surface area contributed by atoms with Crippen LogP contribution in [0.25, 0.3) is 10.9 Å². The molecular weight excluding hydrogens is 468 g/mol. The van der Waals surface area contributed by atoms with Gasteiger partial charge in [-0.25, -0.2) is 9.37 Å². The number of likely N-dealkylation sites (tertiary alicyclic amines) is 2. The first kappa shape index (κ1) is 23.1. The molecule has 2 aliphatic rings. The zero-order valence-corrected chi connectivity index (χ0v) is 18.5. The minimum Gasteiger partial charge on any atom is -0.381 e. The van der Waals surface area contributed by atoms with Gasteiger partial charge in [0.2, 0.25) is 5.91 Å². The van der Waals surface area contributed by atoms with E-state index in [0.29, 0.717) is 17.6 Å². The quantitative estimate of drug-likeness (QED) is 0.568. The van der Waals surface area contributed by atoms with Gasteiger partial charge in [-0.05, 0) is 25.0 Å². The number of rotatable bonds is 4. The molecule has 2 saturated heterocycles. The number of nitrogens with two attached hydrogens (primary N) is 1. The first-order valence-electron chi connectivity index (χ1n) is 11.2. The average molecular weight is 490 g/mol. The number of aromatic nitrogens is 3. The SMILES string of the molecule is Nc1nccc(C(=O)N2CC(c3nn(CC(=O)N4CCC[C@H]4C(F)(F)F)c4ccccc34)C2)c1F. The molecule has 0 radical (unpaired) electrons. The molecule has 2 N–H and O–H groups in total. The van der Waals surface area contributed by atoms with Crippen LogP contribution in [0.5, 0.6) is 0 Å². The Kier molecular flexibility index (Phi) is 5.60. The van der Waals surface area contributed by atoms with Crippen LogP contribution in [0.15, 0.2) is 36.5 Å². The molecule has 2 amide bonds. The van der Waals surface area contributed by atoms with E-state index in [4.69, 9.17) is 5.73 Å². The fourth-order valence-electron chi connectivity index (χ4n) is 4.81. The molecule has 1 atom stereocenters. The topological polar surface area (TPSA) is 97.3 Å². The summed E-state index contributed by atoms with van der Waals surface area (Å²) in [4.78, 5) is 31.4. The van der Waals surface area contributed by atoms with Gasteiger partial charge in [0.25, 0.3) is 5.91 Å². The predicted molar refractivity (Wildman–Crippen MR) is 118 cm³/mol. The Morgan fingerprint density at radius 2 is 1.89 bits per heavy atom. The van der Waals surface area contributed by atoms with Crippen LogP contribution in [-0.2, 0) is 11.3 Å². The van der Waals surface area contributed by atoms with Gasteiger partial charge in [-0.1, -0.05) is 18.2 Å². The smallest absolute Gasteiger partial charge is 0.381 e. The molecule has 2 aromatic heterocycles. The molecule has 1 aromatic carbocycles. The second kappa shape index (κ2) is 8.51. The van der Waals surface area contributed by atoms with E-state index in [1.165, 1.54) is 21.8 Å². The summed E-state index contributed by atoms with van der Waals surface area (Å²) < 4.78 is 55.6. The second-order valence-corrected chi connectivity index (χ2v) is 8.81. The fourth-order valence-corrected chi connectivity index (χ4v) is 4.81. The van der Waals surface area contributed by atoms with Crippen molar-refractivity contribution in [1.29, 1.82) is 0 Å². The van der Waals surface area contributed by atoms with Crippen molar-refractivity contribution < 1.29 is 27.2 Å².